The third-order valence-electron chi connectivity index (χ3n) is 3.23. The Bertz CT molecular complexity index is 360. The van der Waals surface area contributed by atoms with Gasteiger partial charge < -0.3 is 10.1 Å². The van der Waals surface area contributed by atoms with Gasteiger partial charge in [0.2, 0.25) is 0 Å². The quantitative estimate of drug-likeness (QED) is 0.763. The molecular formula is C15H25NO. The van der Waals surface area contributed by atoms with E-state index in [0.29, 0.717) is 6.04 Å². The van der Waals surface area contributed by atoms with E-state index in [1.165, 1.54) is 16.7 Å². The summed E-state index contributed by atoms with van der Waals surface area (Å²) in [6, 6.07) is 4.88. The van der Waals surface area contributed by atoms with Gasteiger partial charge in [-0.2, -0.15) is 0 Å². The van der Waals surface area contributed by atoms with Gasteiger partial charge in [-0.25, -0.2) is 0 Å². The fraction of sp³-hybridized carbons (Fsp3) is 0.600. The molecule has 1 aromatic rings. The van der Waals surface area contributed by atoms with Crippen LogP contribution < -0.4 is 10.1 Å². The van der Waals surface area contributed by atoms with E-state index in [-0.39, 0.29) is 0 Å². The molecule has 0 amide bonds. The van der Waals surface area contributed by atoms with E-state index >= 15 is 0 Å². The summed E-state index contributed by atoms with van der Waals surface area (Å²) in [5, 5.41) is 3.43. The smallest absolute Gasteiger partial charge is 0.122 e. The predicted octanol–water partition coefficient (Wildman–Crippen LogP) is 3.38. The Morgan fingerprint density at radius 3 is 2.59 bits per heavy atom. The van der Waals surface area contributed by atoms with Crippen molar-refractivity contribution in [1.29, 1.82) is 0 Å². The maximum absolute atomic E-state index is 5.83. The van der Waals surface area contributed by atoms with Crippen LogP contribution in [0.25, 0.3) is 0 Å². The van der Waals surface area contributed by atoms with E-state index < -0.39 is 0 Å². The zero-order chi connectivity index (χ0) is 12.8. The number of nitrogens with one attached hydrogen (secondary N) is 1. The number of hydrogen-bond donors (Lipinski definition) is 1. The van der Waals surface area contributed by atoms with Gasteiger partial charge in [0.1, 0.15) is 12.4 Å². The Balaban J connectivity index is 2.47. The van der Waals surface area contributed by atoms with Crippen LogP contribution in [0.15, 0.2) is 12.1 Å². The van der Waals surface area contributed by atoms with Crippen molar-refractivity contribution in [2.45, 2.75) is 47.1 Å². The molecule has 1 atom stereocenters. The van der Waals surface area contributed by atoms with Crippen LogP contribution in [0, 0.1) is 20.8 Å². The van der Waals surface area contributed by atoms with Crippen LogP contribution in [0.2, 0.25) is 0 Å². The average Bonchev–Trinajstić information content (AvgIpc) is 2.30. The number of hydrogen-bond acceptors (Lipinski definition) is 2. The van der Waals surface area contributed by atoms with Gasteiger partial charge in [-0.3, -0.25) is 0 Å². The van der Waals surface area contributed by atoms with Crippen LogP contribution in [-0.4, -0.2) is 19.2 Å². The minimum atomic E-state index is 0.568. The highest BCUT2D eigenvalue weighted by Crippen LogP contribution is 2.22. The van der Waals surface area contributed by atoms with Gasteiger partial charge in [0.05, 0.1) is 0 Å². The van der Waals surface area contributed by atoms with Gasteiger partial charge >= 0.3 is 0 Å². The first-order valence-corrected chi connectivity index (χ1v) is 6.48. The minimum Gasteiger partial charge on any atom is -0.492 e. The summed E-state index contributed by atoms with van der Waals surface area (Å²) >= 11 is 0. The number of benzene rings is 1. The molecule has 0 saturated heterocycles. The Labute approximate surface area is 105 Å². The molecule has 0 unspecified atom stereocenters. The number of rotatable bonds is 6. The molecule has 1 aromatic carbocycles. The molecule has 0 aliphatic carbocycles. The summed E-state index contributed by atoms with van der Waals surface area (Å²) in [6.45, 7) is 12.4. The van der Waals surface area contributed by atoms with Crippen molar-refractivity contribution in [3.8, 4) is 5.75 Å². The Morgan fingerprint density at radius 2 is 1.94 bits per heavy atom. The maximum atomic E-state index is 5.83. The van der Waals surface area contributed by atoms with Crippen LogP contribution in [0.1, 0.15) is 37.0 Å². The van der Waals surface area contributed by atoms with Gasteiger partial charge in [0, 0.05) is 12.6 Å². The Morgan fingerprint density at radius 1 is 1.24 bits per heavy atom. The molecular weight excluding hydrogens is 210 g/mol. The SMILES string of the molecule is CC[C@H](C)NCCOc1cc(C)cc(C)c1C. The maximum Gasteiger partial charge on any atom is 0.122 e. The normalized spacial score (nSPS) is 12.5. The summed E-state index contributed by atoms with van der Waals surface area (Å²) in [5.41, 5.74) is 3.81. The average molecular weight is 235 g/mol. The van der Waals surface area contributed by atoms with Gasteiger partial charge in [0.15, 0.2) is 0 Å². The predicted molar refractivity (Wildman–Crippen MR) is 73.9 cm³/mol. The summed E-state index contributed by atoms with van der Waals surface area (Å²) in [5.74, 6) is 1.02. The molecule has 0 aromatic heterocycles. The molecule has 1 rings (SSSR count). The lowest BCUT2D eigenvalue weighted by atomic mass is 10.1. The second-order valence-electron chi connectivity index (χ2n) is 4.82. The van der Waals surface area contributed by atoms with E-state index in [2.05, 4.69) is 52.1 Å². The third-order valence-corrected chi connectivity index (χ3v) is 3.23. The number of ether oxygens (including phenoxy) is 1. The van der Waals surface area contributed by atoms with Gasteiger partial charge in [-0.1, -0.05) is 13.0 Å². The van der Waals surface area contributed by atoms with Crippen molar-refractivity contribution in [1.82, 2.24) is 5.32 Å². The molecule has 0 aliphatic rings. The highest BCUT2D eigenvalue weighted by Gasteiger charge is 2.04. The molecule has 96 valence electrons. The molecule has 0 fully saturated rings. The van der Waals surface area contributed by atoms with Crippen LogP contribution in [-0.2, 0) is 0 Å². The second-order valence-corrected chi connectivity index (χ2v) is 4.82. The second kappa shape index (κ2) is 6.65. The minimum absolute atomic E-state index is 0.568. The van der Waals surface area contributed by atoms with E-state index in [1.807, 2.05) is 0 Å². The standard InChI is InChI=1S/C15H25NO/c1-6-13(4)16-7-8-17-15-10-11(2)9-12(3)14(15)5/h9-10,13,16H,6-8H2,1-5H3/t13-/m0/s1. The molecule has 0 aliphatic heterocycles. The molecule has 2 heteroatoms. The van der Waals surface area contributed by atoms with Crippen molar-refractivity contribution >= 4 is 0 Å². The lowest BCUT2D eigenvalue weighted by Crippen LogP contribution is -2.29. The Hall–Kier alpha value is -1.02. The summed E-state index contributed by atoms with van der Waals surface area (Å²) in [4.78, 5) is 0. The largest absolute Gasteiger partial charge is 0.492 e. The molecule has 17 heavy (non-hydrogen) atoms. The molecule has 1 N–H and O–H groups in total. The van der Waals surface area contributed by atoms with E-state index in [0.717, 1.165) is 25.3 Å². The van der Waals surface area contributed by atoms with Crippen molar-refractivity contribution in [3.05, 3.63) is 28.8 Å². The molecule has 0 bridgehead atoms. The van der Waals surface area contributed by atoms with Crippen molar-refractivity contribution in [2.24, 2.45) is 0 Å². The van der Waals surface area contributed by atoms with Crippen LogP contribution in [0.4, 0.5) is 0 Å². The first-order chi connectivity index (χ1) is 8.04. The monoisotopic (exact) mass is 235 g/mol. The van der Waals surface area contributed by atoms with Crippen molar-refractivity contribution in [3.63, 3.8) is 0 Å². The Kier molecular flexibility index (Phi) is 5.49. The number of aryl methyl sites for hydroxylation is 2. The van der Waals surface area contributed by atoms with Crippen molar-refractivity contribution in [2.75, 3.05) is 13.2 Å². The summed E-state index contributed by atoms with van der Waals surface area (Å²) < 4.78 is 5.83. The third kappa shape index (κ3) is 4.39. The summed E-state index contributed by atoms with van der Waals surface area (Å²) in [6.07, 6.45) is 1.16. The zero-order valence-electron chi connectivity index (χ0n) is 11.8. The van der Waals surface area contributed by atoms with Gasteiger partial charge in [-0.15, -0.1) is 0 Å². The van der Waals surface area contributed by atoms with Crippen LogP contribution in [0.3, 0.4) is 0 Å². The fourth-order valence-electron chi connectivity index (χ4n) is 1.76. The first kappa shape index (κ1) is 14.0. The zero-order valence-corrected chi connectivity index (χ0v) is 11.8. The van der Waals surface area contributed by atoms with Crippen LogP contribution in [0.5, 0.6) is 5.75 Å². The lowest BCUT2D eigenvalue weighted by molar-refractivity contribution is 0.304. The van der Waals surface area contributed by atoms with E-state index in [4.69, 9.17) is 4.74 Å². The van der Waals surface area contributed by atoms with Gasteiger partial charge in [-0.05, 0) is 56.9 Å². The van der Waals surface area contributed by atoms with E-state index in [9.17, 15) is 0 Å². The first-order valence-electron chi connectivity index (χ1n) is 6.48. The molecule has 0 saturated carbocycles. The van der Waals surface area contributed by atoms with E-state index in [1.54, 1.807) is 0 Å². The lowest BCUT2D eigenvalue weighted by Gasteiger charge is -2.14. The highest BCUT2D eigenvalue weighted by atomic mass is 16.5. The fourth-order valence-corrected chi connectivity index (χ4v) is 1.76. The van der Waals surface area contributed by atoms with Crippen molar-refractivity contribution < 1.29 is 4.74 Å². The molecule has 0 heterocycles. The molecule has 2 nitrogen and oxygen atoms in total. The van der Waals surface area contributed by atoms with Crippen LogP contribution >= 0.6 is 0 Å². The topological polar surface area (TPSA) is 21.3 Å². The molecule has 0 spiro atoms. The summed E-state index contributed by atoms with van der Waals surface area (Å²) in [7, 11) is 0. The highest BCUT2D eigenvalue weighted by molar-refractivity contribution is 5.41. The van der Waals surface area contributed by atoms with Gasteiger partial charge in [0.25, 0.3) is 0 Å². The molecule has 0 radical (unpaired) electrons.